The third kappa shape index (κ3) is 2.25. The van der Waals surface area contributed by atoms with Crippen LogP contribution in [0.25, 0.3) is 0 Å². The second kappa shape index (κ2) is 4.25. The van der Waals surface area contributed by atoms with Gasteiger partial charge >= 0.3 is 0 Å². The highest BCUT2D eigenvalue weighted by Gasteiger charge is 2.11. The molecule has 0 atom stereocenters. The third-order valence-corrected chi connectivity index (χ3v) is 2.33. The Hall–Kier alpha value is -2.37. The second-order valence-corrected chi connectivity index (χ2v) is 3.60. The Balaban J connectivity index is 2.19. The minimum absolute atomic E-state index is 0.00767. The number of nitrogens with one attached hydrogen (secondary N) is 2. The number of aryl methyl sites for hydroxylation is 1. The summed E-state index contributed by atoms with van der Waals surface area (Å²) < 4.78 is 12.9. The standard InChI is InChI=1S/C11H11FN4O/c1-6-8(5-14-16-6)11(17)15-7-2-3-9(12)10(13)4-7/h2-5H,13H2,1H3,(H,14,16)(H,15,17). The molecule has 2 rings (SSSR count). The van der Waals surface area contributed by atoms with Gasteiger partial charge in [-0.25, -0.2) is 4.39 Å². The maximum absolute atomic E-state index is 12.9. The SMILES string of the molecule is Cc1[nH]ncc1C(=O)Nc1ccc(F)c(N)c1. The lowest BCUT2D eigenvalue weighted by Crippen LogP contribution is -2.12. The number of rotatable bonds is 2. The predicted molar refractivity (Wildman–Crippen MR) is 62.1 cm³/mol. The average Bonchev–Trinajstić information content (AvgIpc) is 2.70. The summed E-state index contributed by atoms with van der Waals surface area (Å²) in [5.74, 6) is -0.829. The van der Waals surface area contributed by atoms with Crippen molar-refractivity contribution in [1.82, 2.24) is 10.2 Å². The Kier molecular flexibility index (Phi) is 2.78. The summed E-state index contributed by atoms with van der Waals surface area (Å²) in [6.07, 6.45) is 1.43. The summed E-state index contributed by atoms with van der Waals surface area (Å²) in [4.78, 5) is 11.8. The highest BCUT2D eigenvalue weighted by Crippen LogP contribution is 2.17. The van der Waals surface area contributed by atoms with Gasteiger partial charge in [-0.3, -0.25) is 9.89 Å². The normalized spacial score (nSPS) is 10.2. The van der Waals surface area contributed by atoms with Crippen LogP contribution in [0.1, 0.15) is 16.1 Å². The van der Waals surface area contributed by atoms with E-state index in [1.54, 1.807) is 6.92 Å². The summed E-state index contributed by atoms with van der Waals surface area (Å²) in [5.41, 5.74) is 6.93. The van der Waals surface area contributed by atoms with Crippen LogP contribution in [-0.4, -0.2) is 16.1 Å². The molecular weight excluding hydrogens is 223 g/mol. The number of halogens is 1. The van der Waals surface area contributed by atoms with Crippen LogP contribution in [0.2, 0.25) is 0 Å². The predicted octanol–water partition coefficient (Wildman–Crippen LogP) is 1.69. The third-order valence-electron chi connectivity index (χ3n) is 2.33. The van der Waals surface area contributed by atoms with Crippen LogP contribution < -0.4 is 11.1 Å². The molecular formula is C11H11FN4O. The zero-order chi connectivity index (χ0) is 12.4. The van der Waals surface area contributed by atoms with E-state index in [-0.39, 0.29) is 11.6 Å². The second-order valence-electron chi connectivity index (χ2n) is 3.60. The molecule has 0 spiro atoms. The Morgan fingerprint density at radius 2 is 2.29 bits per heavy atom. The minimum Gasteiger partial charge on any atom is -0.396 e. The van der Waals surface area contributed by atoms with Gasteiger partial charge in [0, 0.05) is 11.4 Å². The number of carbonyl (C=O) groups excluding carboxylic acids is 1. The van der Waals surface area contributed by atoms with E-state index in [1.165, 1.54) is 24.4 Å². The van der Waals surface area contributed by atoms with Gasteiger partial charge in [-0.1, -0.05) is 0 Å². The molecule has 17 heavy (non-hydrogen) atoms. The molecule has 4 N–H and O–H groups in total. The van der Waals surface area contributed by atoms with E-state index in [9.17, 15) is 9.18 Å². The Morgan fingerprint density at radius 3 is 2.88 bits per heavy atom. The molecule has 1 aromatic carbocycles. The van der Waals surface area contributed by atoms with Crippen LogP contribution in [0.3, 0.4) is 0 Å². The number of aromatic nitrogens is 2. The first-order valence-electron chi connectivity index (χ1n) is 4.94. The van der Waals surface area contributed by atoms with Crippen molar-refractivity contribution in [3.05, 3.63) is 41.5 Å². The van der Waals surface area contributed by atoms with E-state index in [4.69, 9.17) is 5.73 Å². The number of hydrogen-bond acceptors (Lipinski definition) is 3. The summed E-state index contributed by atoms with van der Waals surface area (Å²) in [7, 11) is 0. The van der Waals surface area contributed by atoms with Crippen LogP contribution in [0.4, 0.5) is 15.8 Å². The fraction of sp³-hybridized carbons (Fsp3) is 0.0909. The van der Waals surface area contributed by atoms with Crippen molar-refractivity contribution in [3.63, 3.8) is 0 Å². The number of carbonyl (C=O) groups is 1. The lowest BCUT2D eigenvalue weighted by molar-refractivity contribution is 0.102. The van der Waals surface area contributed by atoms with E-state index >= 15 is 0 Å². The Morgan fingerprint density at radius 1 is 1.53 bits per heavy atom. The summed E-state index contributed by atoms with van der Waals surface area (Å²) >= 11 is 0. The first-order valence-corrected chi connectivity index (χ1v) is 4.94. The van der Waals surface area contributed by atoms with Gasteiger partial charge in [0.15, 0.2) is 0 Å². The van der Waals surface area contributed by atoms with E-state index < -0.39 is 5.82 Å². The molecule has 2 aromatic rings. The van der Waals surface area contributed by atoms with E-state index in [1.807, 2.05) is 0 Å². The highest BCUT2D eigenvalue weighted by molar-refractivity contribution is 6.05. The van der Waals surface area contributed by atoms with Gasteiger partial charge in [0.25, 0.3) is 5.91 Å². The van der Waals surface area contributed by atoms with Crippen LogP contribution in [0.15, 0.2) is 24.4 Å². The molecule has 0 saturated heterocycles. The van der Waals surface area contributed by atoms with Crippen molar-refractivity contribution < 1.29 is 9.18 Å². The summed E-state index contributed by atoms with van der Waals surface area (Å²) in [6.45, 7) is 1.74. The lowest BCUT2D eigenvalue weighted by atomic mass is 10.2. The molecule has 0 saturated carbocycles. The van der Waals surface area contributed by atoms with Crippen LogP contribution in [-0.2, 0) is 0 Å². The molecule has 0 aliphatic heterocycles. The fourth-order valence-corrected chi connectivity index (χ4v) is 1.40. The Labute approximate surface area is 96.8 Å². The maximum atomic E-state index is 12.9. The molecule has 0 aliphatic carbocycles. The van der Waals surface area contributed by atoms with E-state index in [0.29, 0.717) is 16.9 Å². The first kappa shape index (κ1) is 11.1. The van der Waals surface area contributed by atoms with E-state index in [2.05, 4.69) is 15.5 Å². The number of H-pyrrole nitrogens is 1. The number of hydrogen-bond donors (Lipinski definition) is 3. The van der Waals surface area contributed by atoms with Gasteiger partial charge in [0.1, 0.15) is 5.82 Å². The van der Waals surface area contributed by atoms with Crippen molar-refractivity contribution in [1.29, 1.82) is 0 Å². The van der Waals surface area contributed by atoms with Crippen molar-refractivity contribution >= 4 is 17.3 Å². The van der Waals surface area contributed by atoms with Gasteiger partial charge < -0.3 is 11.1 Å². The minimum atomic E-state index is -0.512. The zero-order valence-corrected chi connectivity index (χ0v) is 9.12. The number of nitrogens with two attached hydrogens (primary N) is 1. The number of amides is 1. The number of benzene rings is 1. The van der Waals surface area contributed by atoms with Crippen LogP contribution in [0.5, 0.6) is 0 Å². The molecule has 88 valence electrons. The molecule has 1 heterocycles. The monoisotopic (exact) mass is 234 g/mol. The molecule has 0 unspecified atom stereocenters. The van der Waals surface area contributed by atoms with Gasteiger partial charge in [-0.15, -0.1) is 0 Å². The Bertz CT molecular complexity index is 564. The topological polar surface area (TPSA) is 83.8 Å². The first-order chi connectivity index (χ1) is 8.08. The molecule has 0 aliphatic rings. The fourth-order valence-electron chi connectivity index (χ4n) is 1.40. The molecule has 1 amide bonds. The number of nitrogens with zero attached hydrogens (tertiary/aromatic N) is 1. The highest BCUT2D eigenvalue weighted by atomic mass is 19.1. The van der Waals surface area contributed by atoms with E-state index in [0.717, 1.165) is 0 Å². The van der Waals surface area contributed by atoms with Crippen molar-refractivity contribution in [2.24, 2.45) is 0 Å². The van der Waals surface area contributed by atoms with Crippen LogP contribution in [0, 0.1) is 12.7 Å². The zero-order valence-electron chi connectivity index (χ0n) is 9.12. The van der Waals surface area contributed by atoms with Crippen molar-refractivity contribution in [3.8, 4) is 0 Å². The quantitative estimate of drug-likeness (QED) is 0.691. The van der Waals surface area contributed by atoms with Gasteiger partial charge in [0.2, 0.25) is 0 Å². The molecule has 0 radical (unpaired) electrons. The number of anilines is 2. The van der Waals surface area contributed by atoms with Gasteiger partial charge in [-0.05, 0) is 25.1 Å². The molecule has 0 fully saturated rings. The smallest absolute Gasteiger partial charge is 0.259 e. The molecule has 6 heteroatoms. The summed E-state index contributed by atoms with van der Waals surface area (Å²) in [6, 6.07) is 4.01. The lowest BCUT2D eigenvalue weighted by Gasteiger charge is -2.05. The molecule has 5 nitrogen and oxygen atoms in total. The van der Waals surface area contributed by atoms with Crippen molar-refractivity contribution in [2.45, 2.75) is 6.92 Å². The van der Waals surface area contributed by atoms with Crippen molar-refractivity contribution in [2.75, 3.05) is 11.1 Å². The molecule has 0 bridgehead atoms. The average molecular weight is 234 g/mol. The van der Waals surface area contributed by atoms with Gasteiger partial charge in [-0.2, -0.15) is 5.10 Å². The van der Waals surface area contributed by atoms with Gasteiger partial charge in [0.05, 0.1) is 17.4 Å². The largest absolute Gasteiger partial charge is 0.396 e. The van der Waals surface area contributed by atoms with Crippen LogP contribution >= 0.6 is 0 Å². The summed E-state index contributed by atoms with van der Waals surface area (Å²) in [5, 5.41) is 9.01. The number of nitrogen functional groups attached to an aromatic ring is 1. The molecule has 1 aromatic heterocycles. The number of aromatic amines is 1. The maximum Gasteiger partial charge on any atom is 0.259 e.